The summed E-state index contributed by atoms with van der Waals surface area (Å²) in [6.07, 6.45) is 2.25. The van der Waals surface area contributed by atoms with Gasteiger partial charge in [0, 0.05) is 17.6 Å². The lowest BCUT2D eigenvalue weighted by Gasteiger charge is -2.15. The van der Waals surface area contributed by atoms with Crippen molar-refractivity contribution in [2.45, 2.75) is 12.8 Å². The standard InChI is InChI=1S/C13H13BrClN5O/c14-8-3-4-10(9(15)7-8)21-13-18-11(16)17-12(19-13)20-5-1-2-6-20/h3-4,7H,1-2,5-6H2,(H2,16,17,18,19). The molecule has 0 aliphatic carbocycles. The van der Waals surface area contributed by atoms with Crippen molar-refractivity contribution < 1.29 is 4.74 Å². The van der Waals surface area contributed by atoms with Gasteiger partial charge in [0.25, 0.3) is 0 Å². The van der Waals surface area contributed by atoms with Gasteiger partial charge in [-0.3, -0.25) is 0 Å². The van der Waals surface area contributed by atoms with E-state index in [9.17, 15) is 0 Å². The molecule has 1 fully saturated rings. The van der Waals surface area contributed by atoms with E-state index in [-0.39, 0.29) is 12.0 Å². The SMILES string of the molecule is Nc1nc(Oc2ccc(Br)cc2Cl)nc(N2CCCC2)n1. The van der Waals surface area contributed by atoms with Crippen LogP contribution >= 0.6 is 27.5 Å². The molecule has 110 valence electrons. The Morgan fingerprint density at radius 1 is 1.19 bits per heavy atom. The summed E-state index contributed by atoms with van der Waals surface area (Å²) in [5, 5.41) is 0.464. The summed E-state index contributed by atoms with van der Waals surface area (Å²) in [6.45, 7) is 1.84. The number of nitrogens with two attached hydrogens (primary N) is 1. The molecular formula is C13H13BrClN5O. The van der Waals surface area contributed by atoms with Crippen LogP contribution in [-0.4, -0.2) is 28.0 Å². The fourth-order valence-corrected chi connectivity index (χ4v) is 2.83. The second kappa shape index (κ2) is 6.03. The molecular weight excluding hydrogens is 358 g/mol. The third kappa shape index (κ3) is 3.36. The lowest BCUT2D eigenvalue weighted by atomic mass is 10.3. The molecule has 8 heteroatoms. The molecule has 0 saturated carbocycles. The zero-order valence-corrected chi connectivity index (χ0v) is 13.4. The van der Waals surface area contributed by atoms with Gasteiger partial charge in [0.1, 0.15) is 5.75 Å². The van der Waals surface area contributed by atoms with Gasteiger partial charge in [-0.2, -0.15) is 15.0 Å². The second-order valence-electron chi connectivity index (χ2n) is 4.65. The van der Waals surface area contributed by atoms with Gasteiger partial charge in [-0.05, 0) is 31.0 Å². The molecule has 0 bridgehead atoms. The van der Waals surface area contributed by atoms with E-state index in [1.54, 1.807) is 12.1 Å². The molecule has 0 amide bonds. The molecule has 21 heavy (non-hydrogen) atoms. The van der Waals surface area contributed by atoms with Crippen LogP contribution in [0.1, 0.15) is 12.8 Å². The van der Waals surface area contributed by atoms with Gasteiger partial charge in [0.15, 0.2) is 0 Å². The van der Waals surface area contributed by atoms with Crippen molar-refractivity contribution in [3.63, 3.8) is 0 Å². The summed E-state index contributed by atoms with van der Waals surface area (Å²) in [6, 6.07) is 5.45. The maximum atomic E-state index is 6.12. The fraction of sp³-hybridized carbons (Fsp3) is 0.308. The van der Waals surface area contributed by atoms with E-state index in [2.05, 4.69) is 35.8 Å². The molecule has 1 saturated heterocycles. The van der Waals surface area contributed by atoms with Crippen LogP contribution in [0.5, 0.6) is 11.8 Å². The van der Waals surface area contributed by atoms with Crippen LogP contribution in [0, 0.1) is 0 Å². The van der Waals surface area contributed by atoms with E-state index < -0.39 is 0 Å². The van der Waals surface area contributed by atoms with Crippen LogP contribution in [0.25, 0.3) is 0 Å². The zero-order chi connectivity index (χ0) is 14.8. The summed E-state index contributed by atoms with van der Waals surface area (Å²) < 4.78 is 6.49. The lowest BCUT2D eigenvalue weighted by Crippen LogP contribution is -2.21. The highest BCUT2D eigenvalue weighted by molar-refractivity contribution is 9.10. The average Bonchev–Trinajstić information content (AvgIpc) is 2.95. The highest BCUT2D eigenvalue weighted by Crippen LogP contribution is 2.31. The molecule has 1 aliphatic heterocycles. The number of nitrogen functional groups attached to an aromatic ring is 1. The van der Waals surface area contributed by atoms with E-state index in [1.165, 1.54) is 0 Å². The van der Waals surface area contributed by atoms with Gasteiger partial charge in [0.05, 0.1) is 5.02 Å². The third-order valence-corrected chi connectivity index (χ3v) is 3.89. The van der Waals surface area contributed by atoms with Gasteiger partial charge in [0.2, 0.25) is 11.9 Å². The molecule has 1 aliphatic rings. The molecule has 2 N–H and O–H groups in total. The first-order valence-electron chi connectivity index (χ1n) is 6.51. The van der Waals surface area contributed by atoms with Gasteiger partial charge in [-0.25, -0.2) is 0 Å². The molecule has 6 nitrogen and oxygen atoms in total. The predicted molar refractivity (Wildman–Crippen MR) is 84.9 cm³/mol. The molecule has 0 atom stereocenters. The number of nitrogens with zero attached hydrogens (tertiary/aromatic N) is 4. The van der Waals surface area contributed by atoms with E-state index >= 15 is 0 Å². The van der Waals surface area contributed by atoms with Crippen LogP contribution in [0.4, 0.5) is 11.9 Å². The van der Waals surface area contributed by atoms with Crippen LogP contribution in [-0.2, 0) is 0 Å². The number of rotatable bonds is 3. The van der Waals surface area contributed by atoms with Crippen molar-refractivity contribution in [2.24, 2.45) is 0 Å². The quantitative estimate of drug-likeness (QED) is 0.893. The summed E-state index contributed by atoms with van der Waals surface area (Å²) in [4.78, 5) is 14.5. The smallest absolute Gasteiger partial charge is 0.328 e. The maximum Gasteiger partial charge on any atom is 0.328 e. The largest absolute Gasteiger partial charge is 0.423 e. The number of benzene rings is 1. The predicted octanol–water partition coefficient (Wildman–Crippen LogP) is 3.26. The van der Waals surface area contributed by atoms with Crippen LogP contribution in [0.15, 0.2) is 22.7 Å². The zero-order valence-electron chi connectivity index (χ0n) is 11.1. The van der Waals surface area contributed by atoms with Crippen molar-refractivity contribution in [1.82, 2.24) is 15.0 Å². The van der Waals surface area contributed by atoms with Crippen molar-refractivity contribution in [3.05, 3.63) is 27.7 Å². The van der Waals surface area contributed by atoms with Gasteiger partial charge in [-0.1, -0.05) is 27.5 Å². The minimum Gasteiger partial charge on any atom is -0.423 e. The minimum atomic E-state index is 0.134. The van der Waals surface area contributed by atoms with Crippen molar-refractivity contribution in [2.75, 3.05) is 23.7 Å². The van der Waals surface area contributed by atoms with Crippen LogP contribution in [0.2, 0.25) is 5.02 Å². The lowest BCUT2D eigenvalue weighted by molar-refractivity contribution is 0.440. The minimum absolute atomic E-state index is 0.134. The fourth-order valence-electron chi connectivity index (χ4n) is 2.12. The number of aromatic nitrogens is 3. The Kier molecular flexibility index (Phi) is 4.12. The Labute approximate surface area is 135 Å². The van der Waals surface area contributed by atoms with Gasteiger partial charge in [-0.15, -0.1) is 0 Å². The van der Waals surface area contributed by atoms with Gasteiger partial charge < -0.3 is 15.4 Å². The number of hydrogen-bond donors (Lipinski definition) is 1. The first-order chi connectivity index (χ1) is 10.1. The number of ether oxygens (including phenoxy) is 1. The summed E-state index contributed by atoms with van der Waals surface area (Å²) in [7, 11) is 0. The van der Waals surface area contributed by atoms with Crippen molar-refractivity contribution >= 4 is 39.4 Å². The molecule has 0 unspecified atom stereocenters. The molecule has 0 radical (unpaired) electrons. The molecule has 1 aromatic carbocycles. The van der Waals surface area contributed by atoms with Crippen LogP contribution in [0.3, 0.4) is 0 Å². The topological polar surface area (TPSA) is 77.2 Å². The number of hydrogen-bond acceptors (Lipinski definition) is 6. The third-order valence-electron chi connectivity index (χ3n) is 3.10. The van der Waals surface area contributed by atoms with E-state index in [0.717, 1.165) is 30.4 Å². The highest BCUT2D eigenvalue weighted by Gasteiger charge is 2.17. The first kappa shape index (κ1) is 14.3. The molecule has 2 heterocycles. The number of halogens is 2. The first-order valence-corrected chi connectivity index (χ1v) is 7.68. The second-order valence-corrected chi connectivity index (χ2v) is 5.97. The molecule has 0 spiro atoms. The average molecular weight is 371 g/mol. The maximum absolute atomic E-state index is 6.12. The Balaban J connectivity index is 1.87. The summed E-state index contributed by atoms with van der Waals surface area (Å²) >= 11 is 9.46. The van der Waals surface area contributed by atoms with Crippen LogP contribution < -0.4 is 15.4 Å². The highest BCUT2D eigenvalue weighted by atomic mass is 79.9. The van der Waals surface area contributed by atoms with Crippen molar-refractivity contribution in [1.29, 1.82) is 0 Å². The van der Waals surface area contributed by atoms with Gasteiger partial charge >= 0.3 is 6.01 Å². The Morgan fingerprint density at radius 2 is 1.95 bits per heavy atom. The number of anilines is 2. The monoisotopic (exact) mass is 369 g/mol. The Morgan fingerprint density at radius 3 is 2.67 bits per heavy atom. The van der Waals surface area contributed by atoms with E-state index in [0.29, 0.717) is 16.7 Å². The Hall–Kier alpha value is -1.60. The summed E-state index contributed by atoms with van der Waals surface area (Å²) in [5.74, 6) is 1.15. The molecule has 2 aromatic rings. The Bertz CT molecular complexity index is 663. The van der Waals surface area contributed by atoms with Crippen molar-refractivity contribution in [3.8, 4) is 11.8 Å². The molecule has 3 rings (SSSR count). The van der Waals surface area contributed by atoms with E-state index in [1.807, 2.05) is 6.07 Å². The summed E-state index contributed by atoms with van der Waals surface area (Å²) in [5.41, 5.74) is 5.73. The molecule has 1 aromatic heterocycles. The van der Waals surface area contributed by atoms with E-state index in [4.69, 9.17) is 22.1 Å². The normalized spacial score (nSPS) is 14.5.